The maximum absolute atomic E-state index is 12.8. The number of benzene rings is 2. The van der Waals surface area contributed by atoms with Gasteiger partial charge in [0.05, 0.1) is 11.9 Å². The largest absolute Gasteiger partial charge is 0.338 e. The third-order valence-electron chi connectivity index (χ3n) is 2.78. The van der Waals surface area contributed by atoms with Crippen LogP contribution in [0.15, 0.2) is 60.8 Å². The molecule has 0 radical (unpaired) electrons. The average molecular weight is 238 g/mol. The van der Waals surface area contributed by atoms with Crippen LogP contribution in [-0.2, 0) is 0 Å². The lowest BCUT2D eigenvalue weighted by atomic mass is 10.2. The minimum absolute atomic E-state index is 0.242. The molecular weight excluding hydrogens is 227 g/mol. The lowest BCUT2D eigenvalue weighted by Crippen LogP contribution is -1.81. The van der Waals surface area contributed by atoms with Gasteiger partial charge in [0.25, 0.3) is 0 Å². The molecule has 2 nitrogen and oxygen atoms in total. The predicted molar refractivity (Wildman–Crippen MR) is 69.4 cm³/mol. The highest BCUT2D eigenvalue weighted by Crippen LogP contribution is 2.21. The Kier molecular flexibility index (Phi) is 2.65. The van der Waals surface area contributed by atoms with Gasteiger partial charge in [-0.2, -0.15) is 0 Å². The fraction of sp³-hybridized carbons (Fsp3) is 0. The van der Waals surface area contributed by atoms with Gasteiger partial charge in [0, 0.05) is 5.56 Å². The van der Waals surface area contributed by atoms with Crippen LogP contribution in [0.1, 0.15) is 0 Å². The van der Waals surface area contributed by atoms with E-state index in [-0.39, 0.29) is 5.82 Å². The molecule has 0 spiro atoms. The normalized spacial score (nSPS) is 10.5. The molecule has 18 heavy (non-hydrogen) atoms. The molecule has 0 saturated carbocycles. The minimum Gasteiger partial charge on any atom is -0.338 e. The van der Waals surface area contributed by atoms with Gasteiger partial charge in [-0.1, -0.05) is 30.3 Å². The van der Waals surface area contributed by atoms with E-state index in [2.05, 4.69) is 9.97 Å². The smallest absolute Gasteiger partial charge is 0.137 e. The molecule has 0 aliphatic heterocycles. The molecular formula is C15H11FN2. The Morgan fingerprint density at radius 1 is 0.833 bits per heavy atom. The van der Waals surface area contributed by atoms with Crippen molar-refractivity contribution in [2.45, 2.75) is 0 Å². The lowest BCUT2D eigenvalue weighted by molar-refractivity contribution is 0.628. The molecule has 0 aliphatic carbocycles. The number of hydrogen-bond donors (Lipinski definition) is 1. The first-order chi connectivity index (χ1) is 8.83. The molecule has 3 rings (SSSR count). The van der Waals surface area contributed by atoms with E-state index in [4.69, 9.17) is 0 Å². The molecule has 0 aliphatic rings. The number of nitrogens with one attached hydrogen (secondary N) is 1. The van der Waals surface area contributed by atoms with Gasteiger partial charge in [-0.05, 0) is 29.8 Å². The second-order valence-corrected chi connectivity index (χ2v) is 4.02. The highest BCUT2D eigenvalue weighted by molar-refractivity contribution is 5.64. The first kappa shape index (κ1) is 10.7. The number of imidazole rings is 1. The van der Waals surface area contributed by atoms with Crippen molar-refractivity contribution in [3.8, 4) is 22.6 Å². The van der Waals surface area contributed by atoms with Gasteiger partial charge in [0.2, 0.25) is 0 Å². The number of nitrogens with zero attached hydrogens (tertiary/aromatic N) is 1. The molecule has 2 aromatic carbocycles. The SMILES string of the molecule is Fc1ccc(-c2ncc(-c3ccccc3)[nH]2)cc1. The molecule has 1 heterocycles. The lowest BCUT2D eigenvalue weighted by Gasteiger charge is -1.97. The first-order valence-corrected chi connectivity index (χ1v) is 5.69. The van der Waals surface area contributed by atoms with Crippen LogP contribution in [0, 0.1) is 5.82 Å². The van der Waals surface area contributed by atoms with Crippen LogP contribution in [0.25, 0.3) is 22.6 Å². The van der Waals surface area contributed by atoms with Gasteiger partial charge >= 0.3 is 0 Å². The summed E-state index contributed by atoms with van der Waals surface area (Å²) >= 11 is 0. The van der Waals surface area contributed by atoms with E-state index in [1.54, 1.807) is 18.3 Å². The summed E-state index contributed by atoms with van der Waals surface area (Å²) in [6, 6.07) is 16.2. The van der Waals surface area contributed by atoms with E-state index in [1.165, 1.54) is 12.1 Å². The van der Waals surface area contributed by atoms with Gasteiger partial charge in [0.1, 0.15) is 11.6 Å². The van der Waals surface area contributed by atoms with E-state index < -0.39 is 0 Å². The van der Waals surface area contributed by atoms with Gasteiger partial charge in [0.15, 0.2) is 0 Å². The third kappa shape index (κ3) is 2.02. The van der Waals surface area contributed by atoms with E-state index in [9.17, 15) is 4.39 Å². The third-order valence-corrected chi connectivity index (χ3v) is 2.78. The second kappa shape index (κ2) is 4.45. The summed E-state index contributed by atoms with van der Waals surface area (Å²) in [5.41, 5.74) is 2.91. The van der Waals surface area contributed by atoms with Gasteiger partial charge in [-0.25, -0.2) is 9.37 Å². The van der Waals surface area contributed by atoms with Crippen LogP contribution in [0.3, 0.4) is 0 Å². The average Bonchev–Trinajstić information content (AvgIpc) is 2.90. The van der Waals surface area contributed by atoms with Gasteiger partial charge in [-0.3, -0.25) is 0 Å². The minimum atomic E-state index is -0.242. The number of halogens is 1. The number of aromatic nitrogens is 2. The number of H-pyrrole nitrogens is 1. The second-order valence-electron chi connectivity index (χ2n) is 4.02. The molecule has 1 N–H and O–H groups in total. The molecule has 88 valence electrons. The van der Waals surface area contributed by atoms with Crippen LogP contribution < -0.4 is 0 Å². The zero-order valence-corrected chi connectivity index (χ0v) is 9.60. The van der Waals surface area contributed by atoms with Crippen LogP contribution in [-0.4, -0.2) is 9.97 Å². The Labute approximate surface area is 104 Å². The van der Waals surface area contributed by atoms with E-state index in [0.717, 1.165) is 22.6 Å². The Morgan fingerprint density at radius 2 is 1.56 bits per heavy atom. The van der Waals surface area contributed by atoms with E-state index in [1.807, 2.05) is 30.3 Å². The summed E-state index contributed by atoms with van der Waals surface area (Å²) < 4.78 is 12.8. The Bertz CT molecular complexity index is 642. The van der Waals surface area contributed by atoms with Crippen molar-refractivity contribution < 1.29 is 4.39 Å². The monoisotopic (exact) mass is 238 g/mol. The molecule has 0 fully saturated rings. The van der Waals surface area contributed by atoms with Crippen molar-refractivity contribution in [3.05, 3.63) is 66.6 Å². The van der Waals surface area contributed by atoms with Gasteiger partial charge in [-0.15, -0.1) is 0 Å². The van der Waals surface area contributed by atoms with Crippen LogP contribution in [0.2, 0.25) is 0 Å². The molecule has 0 unspecified atom stereocenters. The maximum atomic E-state index is 12.8. The Morgan fingerprint density at radius 3 is 2.28 bits per heavy atom. The molecule has 3 aromatic rings. The summed E-state index contributed by atoms with van der Waals surface area (Å²) in [5, 5.41) is 0. The molecule has 0 amide bonds. The first-order valence-electron chi connectivity index (χ1n) is 5.69. The molecule has 1 aromatic heterocycles. The van der Waals surface area contributed by atoms with Crippen molar-refractivity contribution in [1.29, 1.82) is 0 Å². The number of aromatic amines is 1. The Balaban J connectivity index is 1.97. The van der Waals surface area contributed by atoms with Crippen molar-refractivity contribution in [2.75, 3.05) is 0 Å². The number of rotatable bonds is 2. The molecule has 3 heteroatoms. The van der Waals surface area contributed by atoms with Crippen LogP contribution >= 0.6 is 0 Å². The summed E-state index contributed by atoms with van der Waals surface area (Å²) in [5.74, 6) is 0.502. The van der Waals surface area contributed by atoms with Crippen LogP contribution in [0.5, 0.6) is 0 Å². The van der Waals surface area contributed by atoms with Crippen molar-refractivity contribution in [3.63, 3.8) is 0 Å². The topological polar surface area (TPSA) is 28.7 Å². The molecule has 0 saturated heterocycles. The molecule has 0 bridgehead atoms. The van der Waals surface area contributed by atoms with E-state index >= 15 is 0 Å². The molecule has 0 atom stereocenters. The predicted octanol–water partition coefficient (Wildman–Crippen LogP) is 3.88. The fourth-order valence-corrected chi connectivity index (χ4v) is 1.84. The summed E-state index contributed by atoms with van der Waals surface area (Å²) in [6.45, 7) is 0. The number of hydrogen-bond acceptors (Lipinski definition) is 1. The summed E-state index contributed by atoms with van der Waals surface area (Å²) in [7, 11) is 0. The highest BCUT2D eigenvalue weighted by Gasteiger charge is 2.04. The standard InChI is InChI=1S/C15H11FN2/c16-13-8-6-12(7-9-13)15-17-10-14(18-15)11-4-2-1-3-5-11/h1-10H,(H,17,18). The van der Waals surface area contributed by atoms with E-state index in [0.29, 0.717) is 0 Å². The zero-order chi connectivity index (χ0) is 12.4. The Hall–Kier alpha value is -2.42. The highest BCUT2D eigenvalue weighted by atomic mass is 19.1. The maximum Gasteiger partial charge on any atom is 0.137 e. The fourth-order valence-electron chi connectivity index (χ4n) is 1.84. The van der Waals surface area contributed by atoms with Crippen molar-refractivity contribution in [1.82, 2.24) is 9.97 Å². The van der Waals surface area contributed by atoms with Crippen LogP contribution in [0.4, 0.5) is 4.39 Å². The quantitative estimate of drug-likeness (QED) is 0.721. The summed E-state index contributed by atoms with van der Waals surface area (Å²) in [4.78, 5) is 7.55. The summed E-state index contributed by atoms with van der Waals surface area (Å²) in [6.07, 6.45) is 1.79. The van der Waals surface area contributed by atoms with Gasteiger partial charge < -0.3 is 4.98 Å². The zero-order valence-electron chi connectivity index (χ0n) is 9.60. The van der Waals surface area contributed by atoms with Crippen molar-refractivity contribution in [2.24, 2.45) is 0 Å². The van der Waals surface area contributed by atoms with Crippen molar-refractivity contribution >= 4 is 0 Å².